The van der Waals surface area contributed by atoms with Crippen molar-refractivity contribution in [1.29, 1.82) is 0 Å². The number of sulfonamides is 1. The molecule has 3 rings (SSSR count). The van der Waals surface area contributed by atoms with Crippen molar-refractivity contribution in [1.82, 2.24) is 10.2 Å². The van der Waals surface area contributed by atoms with Crippen molar-refractivity contribution in [3.8, 4) is 11.5 Å². The number of anilines is 1. The second kappa shape index (κ2) is 13.8. The highest BCUT2D eigenvalue weighted by Crippen LogP contribution is 2.34. The second-order valence-electron chi connectivity index (χ2n) is 9.19. The van der Waals surface area contributed by atoms with E-state index in [1.165, 1.54) is 37.3 Å². The number of methoxy groups -OCH3 is 2. The summed E-state index contributed by atoms with van der Waals surface area (Å²) in [6, 6.07) is 19.4. The van der Waals surface area contributed by atoms with Gasteiger partial charge in [-0.25, -0.2) is 8.42 Å². The van der Waals surface area contributed by atoms with Crippen molar-refractivity contribution >= 4 is 27.5 Å². The Labute approximate surface area is 236 Å². The maximum absolute atomic E-state index is 14.0. The fraction of sp³-hybridized carbons (Fsp3) is 0.333. The summed E-state index contributed by atoms with van der Waals surface area (Å²) in [5.41, 5.74) is 2.10. The lowest BCUT2D eigenvalue weighted by molar-refractivity contribution is -0.140. The molecule has 10 heteroatoms. The lowest BCUT2D eigenvalue weighted by atomic mass is 10.1. The van der Waals surface area contributed by atoms with E-state index in [-0.39, 0.29) is 23.0 Å². The average molecular weight is 568 g/mol. The minimum atomic E-state index is -4.18. The van der Waals surface area contributed by atoms with Crippen LogP contribution in [0.1, 0.15) is 31.4 Å². The van der Waals surface area contributed by atoms with Crippen molar-refractivity contribution in [2.24, 2.45) is 0 Å². The molecule has 1 N–H and O–H groups in total. The lowest BCUT2D eigenvalue weighted by Crippen LogP contribution is -2.52. The molecule has 0 fully saturated rings. The number of aryl methyl sites for hydroxylation is 1. The number of carbonyl (C=O) groups excluding carboxylic acids is 2. The normalized spacial score (nSPS) is 11.8. The molecule has 1 atom stereocenters. The van der Waals surface area contributed by atoms with Crippen molar-refractivity contribution in [3.05, 3.63) is 83.9 Å². The Morgan fingerprint density at radius 3 is 2.12 bits per heavy atom. The highest BCUT2D eigenvalue weighted by Gasteiger charge is 2.33. The van der Waals surface area contributed by atoms with Crippen LogP contribution in [0, 0.1) is 6.92 Å². The molecular weight excluding hydrogens is 530 g/mol. The molecule has 40 heavy (non-hydrogen) atoms. The fourth-order valence-electron chi connectivity index (χ4n) is 4.33. The molecule has 3 aromatic carbocycles. The first-order valence-corrected chi connectivity index (χ1v) is 14.5. The zero-order valence-corrected chi connectivity index (χ0v) is 24.4. The summed E-state index contributed by atoms with van der Waals surface area (Å²) in [6.07, 6.45) is 0.352. The van der Waals surface area contributed by atoms with E-state index in [2.05, 4.69) is 5.32 Å². The molecule has 0 saturated carbocycles. The summed E-state index contributed by atoms with van der Waals surface area (Å²) >= 11 is 0. The van der Waals surface area contributed by atoms with Gasteiger partial charge in [0.25, 0.3) is 10.0 Å². The third-order valence-electron chi connectivity index (χ3n) is 6.48. The van der Waals surface area contributed by atoms with Crippen LogP contribution in [0.3, 0.4) is 0 Å². The molecule has 0 radical (unpaired) electrons. The quantitative estimate of drug-likeness (QED) is 0.333. The number of hydrogen-bond acceptors (Lipinski definition) is 6. The summed E-state index contributed by atoms with van der Waals surface area (Å²) < 4.78 is 39.6. The predicted octanol–water partition coefficient (Wildman–Crippen LogP) is 4.15. The Morgan fingerprint density at radius 2 is 1.55 bits per heavy atom. The monoisotopic (exact) mass is 567 g/mol. The molecular formula is C30H37N3O6S. The van der Waals surface area contributed by atoms with E-state index in [9.17, 15) is 18.0 Å². The van der Waals surface area contributed by atoms with Gasteiger partial charge in [-0.05, 0) is 50.1 Å². The number of amides is 2. The van der Waals surface area contributed by atoms with E-state index in [1.54, 1.807) is 30.3 Å². The smallest absolute Gasteiger partial charge is 0.264 e. The SMILES string of the molecule is CCNC(=O)C(CC)N(Cc1ccc(C)cc1)C(=O)CN(c1ccc(OC)c(OC)c1)S(=O)(=O)c1ccccc1. The van der Waals surface area contributed by atoms with Crippen LogP contribution in [0.5, 0.6) is 11.5 Å². The van der Waals surface area contributed by atoms with Crippen molar-refractivity contribution in [3.63, 3.8) is 0 Å². The Kier molecular flexibility index (Phi) is 10.6. The standard InChI is InChI=1S/C30H37N3O6S/c1-6-26(30(35)31-7-2)32(20-23-15-13-22(3)14-16-23)29(34)21-33(40(36,37)25-11-9-8-10-12-25)24-17-18-27(38-4)28(19-24)39-5/h8-19,26H,6-7,20-21H2,1-5H3,(H,31,35). The molecule has 3 aromatic rings. The fourth-order valence-corrected chi connectivity index (χ4v) is 5.76. The van der Waals surface area contributed by atoms with Gasteiger partial charge < -0.3 is 19.7 Å². The summed E-state index contributed by atoms with van der Waals surface area (Å²) in [5, 5.41) is 2.80. The van der Waals surface area contributed by atoms with Gasteiger partial charge in [-0.15, -0.1) is 0 Å². The van der Waals surface area contributed by atoms with Gasteiger partial charge in [0.15, 0.2) is 11.5 Å². The first-order chi connectivity index (χ1) is 19.2. The minimum absolute atomic E-state index is 0.0263. The van der Waals surface area contributed by atoms with Gasteiger partial charge in [-0.2, -0.15) is 0 Å². The highest BCUT2D eigenvalue weighted by molar-refractivity contribution is 7.92. The van der Waals surface area contributed by atoms with Crippen LogP contribution in [-0.2, 0) is 26.2 Å². The van der Waals surface area contributed by atoms with Crippen LogP contribution in [0.2, 0.25) is 0 Å². The summed E-state index contributed by atoms with van der Waals surface area (Å²) in [5.74, 6) is -0.0917. The Balaban J connectivity index is 2.10. The molecule has 0 aliphatic heterocycles. The number of rotatable bonds is 13. The van der Waals surface area contributed by atoms with Gasteiger partial charge in [0.1, 0.15) is 12.6 Å². The number of hydrogen-bond donors (Lipinski definition) is 1. The Morgan fingerprint density at radius 1 is 0.900 bits per heavy atom. The van der Waals surface area contributed by atoms with Crippen molar-refractivity contribution in [2.45, 2.75) is 44.7 Å². The van der Waals surface area contributed by atoms with Crippen LogP contribution in [0.25, 0.3) is 0 Å². The van der Waals surface area contributed by atoms with Crippen LogP contribution in [0.15, 0.2) is 77.7 Å². The number of likely N-dealkylation sites (N-methyl/N-ethyl adjacent to an activating group) is 1. The molecule has 0 saturated heterocycles. The molecule has 0 aliphatic rings. The zero-order chi connectivity index (χ0) is 29.3. The Hall–Kier alpha value is -4.05. The van der Waals surface area contributed by atoms with E-state index in [4.69, 9.17) is 9.47 Å². The van der Waals surface area contributed by atoms with Crippen molar-refractivity contribution in [2.75, 3.05) is 31.6 Å². The predicted molar refractivity (Wildman–Crippen MR) is 155 cm³/mol. The summed E-state index contributed by atoms with van der Waals surface area (Å²) in [6.45, 7) is 5.60. The first kappa shape index (κ1) is 30.5. The second-order valence-corrected chi connectivity index (χ2v) is 11.1. The molecule has 0 aliphatic carbocycles. The van der Waals surface area contributed by atoms with E-state index < -0.39 is 28.5 Å². The Bertz CT molecular complexity index is 1390. The van der Waals surface area contributed by atoms with Gasteiger partial charge in [0.2, 0.25) is 11.8 Å². The van der Waals surface area contributed by atoms with E-state index in [0.717, 1.165) is 15.4 Å². The molecule has 2 amide bonds. The number of ether oxygens (including phenoxy) is 2. The van der Waals surface area contributed by atoms with Crippen LogP contribution in [0.4, 0.5) is 5.69 Å². The highest BCUT2D eigenvalue weighted by atomic mass is 32.2. The van der Waals surface area contributed by atoms with Crippen LogP contribution >= 0.6 is 0 Å². The van der Waals surface area contributed by atoms with Gasteiger partial charge in [0, 0.05) is 19.2 Å². The van der Waals surface area contributed by atoms with Gasteiger partial charge in [0.05, 0.1) is 24.8 Å². The molecule has 1 unspecified atom stereocenters. The molecule has 0 spiro atoms. The summed E-state index contributed by atoms with van der Waals surface area (Å²) in [4.78, 5) is 28.5. The molecule has 9 nitrogen and oxygen atoms in total. The number of nitrogens with zero attached hydrogens (tertiary/aromatic N) is 2. The third kappa shape index (κ3) is 7.12. The average Bonchev–Trinajstić information content (AvgIpc) is 2.96. The molecule has 0 bridgehead atoms. The lowest BCUT2D eigenvalue weighted by Gasteiger charge is -2.33. The maximum atomic E-state index is 14.0. The van der Waals surface area contributed by atoms with E-state index in [1.807, 2.05) is 45.0 Å². The van der Waals surface area contributed by atoms with Crippen LogP contribution in [-0.4, -0.2) is 58.5 Å². The van der Waals surface area contributed by atoms with Crippen LogP contribution < -0.4 is 19.1 Å². The molecule has 0 heterocycles. The number of carbonyl (C=O) groups is 2. The summed E-state index contributed by atoms with van der Waals surface area (Å²) in [7, 11) is -1.25. The largest absolute Gasteiger partial charge is 0.493 e. The molecule has 214 valence electrons. The van der Waals surface area contributed by atoms with E-state index in [0.29, 0.717) is 24.5 Å². The van der Waals surface area contributed by atoms with Crippen molar-refractivity contribution < 1.29 is 27.5 Å². The topological polar surface area (TPSA) is 105 Å². The van der Waals surface area contributed by atoms with E-state index >= 15 is 0 Å². The molecule has 0 aromatic heterocycles. The maximum Gasteiger partial charge on any atom is 0.264 e. The number of nitrogens with one attached hydrogen (secondary N) is 1. The van der Waals surface area contributed by atoms with Gasteiger partial charge in [-0.3, -0.25) is 13.9 Å². The third-order valence-corrected chi connectivity index (χ3v) is 8.26. The zero-order valence-electron chi connectivity index (χ0n) is 23.6. The van der Waals surface area contributed by atoms with Gasteiger partial charge in [-0.1, -0.05) is 55.0 Å². The number of benzene rings is 3. The first-order valence-electron chi connectivity index (χ1n) is 13.1. The van der Waals surface area contributed by atoms with Gasteiger partial charge >= 0.3 is 0 Å². The minimum Gasteiger partial charge on any atom is -0.493 e.